The molecular weight excluding hydrogens is 308 g/mol. The highest BCUT2D eigenvalue weighted by Crippen LogP contribution is 2.32. The first-order valence-corrected chi connectivity index (χ1v) is 8.94. The van der Waals surface area contributed by atoms with E-state index in [1.807, 2.05) is 10.5 Å². The smallest absolute Gasteiger partial charge is 0.0991 e. The molecule has 1 aliphatic heterocycles. The van der Waals surface area contributed by atoms with Crippen LogP contribution in [-0.4, -0.2) is 27.6 Å². The Balaban J connectivity index is 1.65. The summed E-state index contributed by atoms with van der Waals surface area (Å²) in [6, 6.07) is 4.09. The van der Waals surface area contributed by atoms with E-state index in [1.165, 1.54) is 5.56 Å². The minimum atomic E-state index is -0.474. The molecule has 0 saturated carbocycles. The Bertz CT molecular complexity index is 564. The number of aliphatic hydroxyl groups is 1. The van der Waals surface area contributed by atoms with Gasteiger partial charge in [-0.3, -0.25) is 4.98 Å². The van der Waals surface area contributed by atoms with Crippen LogP contribution in [0.2, 0.25) is 0 Å². The van der Waals surface area contributed by atoms with E-state index in [0.29, 0.717) is 5.92 Å². The molecule has 23 heavy (non-hydrogen) atoms. The van der Waals surface area contributed by atoms with Crippen LogP contribution in [0.1, 0.15) is 43.0 Å². The quantitative estimate of drug-likeness (QED) is 0.826. The molecule has 1 fully saturated rings. The number of aryl methyl sites for hydroxylation is 1. The van der Waals surface area contributed by atoms with Crippen LogP contribution in [0.5, 0.6) is 0 Å². The van der Waals surface area contributed by atoms with Crippen LogP contribution in [0, 0.1) is 11.8 Å². The summed E-state index contributed by atoms with van der Waals surface area (Å²) in [6.07, 6.45) is 15.1. The second-order valence-corrected chi connectivity index (χ2v) is 7.07. The van der Waals surface area contributed by atoms with Gasteiger partial charge < -0.3 is 5.11 Å². The van der Waals surface area contributed by atoms with Gasteiger partial charge in [0.15, 0.2) is 0 Å². The van der Waals surface area contributed by atoms with Crippen LogP contribution in [0.15, 0.2) is 42.6 Å². The van der Waals surface area contributed by atoms with Crippen LogP contribution < -0.4 is 0 Å². The van der Waals surface area contributed by atoms with Crippen molar-refractivity contribution in [1.29, 1.82) is 0 Å². The molecule has 3 nitrogen and oxygen atoms in total. The summed E-state index contributed by atoms with van der Waals surface area (Å²) in [4.78, 5) is 4.51. The molecule has 2 atom stereocenters. The average molecular weight is 333 g/mol. The maximum atomic E-state index is 10.8. The number of pyridine rings is 1. The highest BCUT2D eigenvalue weighted by molar-refractivity contribution is 6.13. The molecule has 0 spiro atoms. The minimum absolute atomic E-state index is 0.260. The van der Waals surface area contributed by atoms with E-state index in [4.69, 9.17) is 11.8 Å². The molecule has 3 rings (SSSR count). The number of piperidine rings is 1. The number of halogens is 1. The lowest BCUT2D eigenvalue weighted by Gasteiger charge is -2.30. The lowest BCUT2D eigenvalue weighted by Crippen LogP contribution is -2.30. The van der Waals surface area contributed by atoms with Crippen molar-refractivity contribution in [2.24, 2.45) is 11.8 Å². The molecule has 1 saturated heterocycles. The molecule has 1 aromatic heterocycles. The number of aliphatic hydroxyl groups excluding tert-OH is 1. The summed E-state index contributed by atoms with van der Waals surface area (Å²) < 4.78 is 1.81. The standard InChI is InChI=1S/C19H25ClN2O/c20-22-13-10-17(11-14-22)19(23)18-16(7-4-12-21-18)9-8-15-5-2-1-3-6-15/h1-5,7,12,15,17,19,23H,6,8-11,13-14H2. The molecule has 0 aromatic carbocycles. The van der Waals surface area contributed by atoms with E-state index in [-0.39, 0.29) is 5.92 Å². The number of aromatic nitrogens is 1. The van der Waals surface area contributed by atoms with Crippen molar-refractivity contribution in [2.45, 2.75) is 38.2 Å². The number of nitrogens with zero attached hydrogens (tertiary/aromatic N) is 2. The zero-order valence-corrected chi connectivity index (χ0v) is 14.2. The third kappa shape index (κ3) is 4.43. The maximum Gasteiger partial charge on any atom is 0.0991 e. The van der Waals surface area contributed by atoms with Gasteiger partial charge in [0, 0.05) is 19.3 Å². The number of allylic oxidation sites excluding steroid dienone is 4. The first-order chi connectivity index (χ1) is 11.2. The summed E-state index contributed by atoms with van der Waals surface area (Å²) in [5, 5.41) is 10.8. The van der Waals surface area contributed by atoms with Crippen molar-refractivity contribution in [1.82, 2.24) is 9.40 Å². The lowest BCUT2D eigenvalue weighted by atomic mass is 9.87. The van der Waals surface area contributed by atoms with Crippen molar-refractivity contribution in [3.63, 3.8) is 0 Å². The van der Waals surface area contributed by atoms with Crippen LogP contribution in [0.25, 0.3) is 0 Å². The lowest BCUT2D eigenvalue weighted by molar-refractivity contribution is 0.0723. The number of hydrogen-bond acceptors (Lipinski definition) is 3. The summed E-state index contributed by atoms with van der Waals surface area (Å²) in [5.74, 6) is 0.862. The third-order valence-electron chi connectivity index (χ3n) is 4.99. The molecule has 0 amide bonds. The van der Waals surface area contributed by atoms with E-state index < -0.39 is 6.10 Å². The van der Waals surface area contributed by atoms with E-state index in [9.17, 15) is 5.11 Å². The summed E-state index contributed by atoms with van der Waals surface area (Å²) in [5.41, 5.74) is 2.06. The molecule has 1 aromatic rings. The van der Waals surface area contributed by atoms with Gasteiger partial charge in [-0.05, 0) is 67.3 Å². The average Bonchev–Trinajstić information content (AvgIpc) is 2.61. The summed E-state index contributed by atoms with van der Waals surface area (Å²) in [6.45, 7) is 1.68. The molecular formula is C19H25ClN2O. The van der Waals surface area contributed by atoms with Crippen molar-refractivity contribution >= 4 is 11.8 Å². The molecule has 0 bridgehead atoms. The van der Waals surface area contributed by atoms with Gasteiger partial charge >= 0.3 is 0 Å². The Labute approximate surface area is 143 Å². The van der Waals surface area contributed by atoms with Crippen molar-refractivity contribution in [3.05, 3.63) is 53.9 Å². The second-order valence-electron chi connectivity index (χ2n) is 6.59. The molecule has 2 heterocycles. The molecule has 4 heteroatoms. The van der Waals surface area contributed by atoms with E-state index >= 15 is 0 Å². The fraction of sp³-hybridized carbons (Fsp3) is 0.526. The van der Waals surface area contributed by atoms with E-state index in [0.717, 1.165) is 50.9 Å². The van der Waals surface area contributed by atoms with Gasteiger partial charge in [-0.2, -0.15) is 0 Å². The molecule has 2 unspecified atom stereocenters. The van der Waals surface area contributed by atoms with Gasteiger partial charge in [-0.15, -0.1) is 0 Å². The number of rotatable bonds is 5. The van der Waals surface area contributed by atoms with Crippen molar-refractivity contribution in [3.8, 4) is 0 Å². The Morgan fingerprint density at radius 1 is 1.30 bits per heavy atom. The van der Waals surface area contributed by atoms with Crippen LogP contribution >= 0.6 is 11.8 Å². The van der Waals surface area contributed by atoms with E-state index in [1.54, 1.807) is 6.20 Å². The number of hydrogen-bond donors (Lipinski definition) is 1. The molecule has 1 N–H and O–H groups in total. The molecule has 124 valence electrons. The predicted molar refractivity (Wildman–Crippen MR) is 94.1 cm³/mol. The van der Waals surface area contributed by atoms with Crippen molar-refractivity contribution < 1.29 is 5.11 Å². The van der Waals surface area contributed by atoms with E-state index in [2.05, 4.69) is 35.4 Å². The first-order valence-electron chi connectivity index (χ1n) is 8.60. The maximum absolute atomic E-state index is 10.8. The SMILES string of the molecule is OC(c1ncccc1CCC1C=CC=CC1)C1CCN(Cl)CC1. The van der Waals surface area contributed by atoms with Crippen LogP contribution in [0.3, 0.4) is 0 Å². The van der Waals surface area contributed by atoms with Gasteiger partial charge in [0.1, 0.15) is 0 Å². The second kappa shape index (κ2) is 8.09. The Kier molecular flexibility index (Phi) is 5.87. The first kappa shape index (κ1) is 16.7. The zero-order valence-electron chi connectivity index (χ0n) is 13.4. The largest absolute Gasteiger partial charge is 0.387 e. The third-order valence-corrected chi connectivity index (χ3v) is 5.33. The molecule has 1 aliphatic carbocycles. The Hall–Kier alpha value is -1.16. The highest BCUT2D eigenvalue weighted by atomic mass is 35.5. The zero-order chi connectivity index (χ0) is 16.1. The van der Waals surface area contributed by atoms with Gasteiger partial charge in [-0.25, -0.2) is 4.42 Å². The molecule has 2 aliphatic rings. The van der Waals surface area contributed by atoms with Gasteiger partial charge in [0.25, 0.3) is 0 Å². The van der Waals surface area contributed by atoms with Crippen molar-refractivity contribution in [2.75, 3.05) is 13.1 Å². The minimum Gasteiger partial charge on any atom is -0.387 e. The summed E-state index contributed by atoms with van der Waals surface area (Å²) in [7, 11) is 0. The van der Waals surface area contributed by atoms with Gasteiger partial charge in [0.2, 0.25) is 0 Å². The Morgan fingerprint density at radius 3 is 2.87 bits per heavy atom. The highest BCUT2D eigenvalue weighted by Gasteiger charge is 2.28. The fourth-order valence-corrected chi connectivity index (χ4v) is 3.72. The van der Waals surface area contributed by atoms with Crippen LogP contribution in [0.4, 0.5) is 0 Å². The molecule has 0 radical (unpaired) electrons. The normalized spacial score (nSPS) is 24.0. The fourth-order valence-electron chi connectivity index (χ4n) is 3.52. The van der Waals surface area contributed by atoms with Crippen LogP contribution in [-0.2, 0) is 6.42 Å². The van der Waals surface area contributed by atoms with Gasteiger partial charge in [-0.1, -0.05) is 30.4 Å². The predicted octanol–water partition coefficient (Wildman–Crippen LogP) is 4.05. The Morgan fingerprint density at radius 2 is 2.13 bits per heavy atom. The topological polar surface area (TPSA) is 36.4 Å². The summed E-state index contributed by atoms with van der Waals surface area (Å²) >= 11 is 6.02. The monoisotopic (exact) mass is 332 g/mol. The van der Waals surface area contributed by atoms with Gasteiger partial charge in [0.05, 0.1) is 11.8 Å².